The Bertz CT molecular complexity index is 1370. The van der Waals surface area contributed by atoms with Crippen LogP contribution in [0.3, 0.4) is 0 Å². The number of carbonyl (C=O) groups excluding carboxylic acids is 1. The summed E-state index contributed by atoms with van der Waals surface area (Å²) in [6, 6.07) is 9.60. The Morgan fingerprint density at radius 2 is 1.98 bits per heavy atom. The zero-order valence-corrected chi connectivity index (χ0v) is 23.7. The number of pyridine rings is 2. The fraction of sp³-hybridized carbons (Fsp3) is 0.433. The predicted molar refractivity (Wildman–Crippen MR) is 154 cm³/mol. The summed E-state index contributed by atoms with van der Waals surface area (Å²) in [4.78, 5) is 27.9. The van der Waals surface area contributed by atoms with Crippen LogP contribution >= 0.6 is 0 Å². The molecule has 2 aromatic heterocycles. The molecule has 40 heavy (non-hydrogen) atoms. The SMILES string of the molecule is CC(=NC1CC2(C1)CN(C(=O)OC(C)(C)C)C2)/C(=C\N)c1cnc(/C(C#N)=C\N)c(O[C@H](C)c2ccccn2)c1. The van der Waals surface area contributed by atoms with Crippen LogP contribution in [0.5, 0.6) is 5.75 Å². The molecule has 4 N–H and O–H groups in total. The van der Waals surface area contributed by atoms with E-state index in [-0.39, 0.29) is 23.1 Å². The molecule has 1 spiro atoms. The summed E-state index contributed by atoms with van der Waals surface area (Å²) < 4.78 is 11.7. The Morgan fingerprint density at radius 1 is 1.25 bits per heavy atom. The van der Waals surface area contributed by atoms with E-state index in [1.807, 2.05) is 52.8 Å². The Kier molecular flexibility index (Phi) is 8.14. The molecule has 1 atom stereocenters. The van der Waals surface area contributed by atoms with Gasteiger partial charge in [-0.15, -0.1) is 0 Å². The highest BCUT2D eigenvalue weighted by molar-refractivity contribution is 6.22. The van der Waals surface area contributed by atoms with Crippen LogP contribution in [0.2, 0.25) is 0 Å². The van der Waals surface area contributed by atoms with Gasteiger partial charge in [0, 0.05) is 60.1 Å². The molecule has 2 aromatic rings. The number of nitriles is 1. The lowest BCUT2D eigenvalue weighted by molar-refractivity contribution is -0.0765. The van der Waals surface area contributed by atoms with Gasteiger partial charge in [-0.25, -0.2) is 4.79 Å². The van der Waals surface area contributed by atoms with E-state index >= 15 is 0 Å². The molecule has 10 nitrogen and oxygen atoms in total. The standard InChI is InChI=1S/C30H37N7O3/c1-19(36-23-11-30(12-23)17-37(18-30)28(38)40-29(3,4)5)24(15-33)21-10-26(27(35-16-21)22(13-31)14-32)39-20(2)25-8-6-7-9-34-25/h6-10,13,15-16,20,23H,11-12,17-18,31,33H2,1-5H3/b22-13-,24-15+,36-19?/t20-/m1/s1. The number of carbonyl (C=O) groups is 1. The Balaban J connectivity index is 1.48. The van der Waals surface area contributed by atoms with Gasteiger partial charge in [0.1, 0.15) is 29.2 Å². The maximum Gasteiger partial charge on any atom is 0.410 e. The van der Waals surface area contributed by atoms with Gasteiger partial charge >= 0.3 is 6.09 Å². The van der Waals surface area contributed by atoms with Crippen molar-refractivity contribution in [1.82, 2.24) is 14.9 Å². The molecule has 1 aliphatic carbocycles. The van der Waals surface area contributed by atoms with Crippen LogP contribution in [0, 0.1) is 16.7 Å². The van der Waals surface area contributed by atoms with Crippen LogP contribution < -0.4 is 16.2 Å². The van der Waals surface area contributed by atoms with Gasteiger partial charge in [0.15, 0.2) is 0 Å². The lowest BCUT2D eigenvalue weighted by atomic mass is 9.61. The molecule has 1 saturated carbocycles. The number of aromatic nitrogens is 2. The number of nitrogens with zero attached hydrogens (tertiary/aromatic N) is 5. The summed E-state index contributed by atoms with van der Waals surface area (Å²) in [6.45, 7) is 10.8. The van der Waals surface area contributed by atoms with Gasteiger partial charge in [0.2, 0.25) is 0 Å². The number of likely N-dealkylation sites (tertiary alicyclic amines) is 1. The third kappa shape index (κ3) is 6.25. The monoisotopic (exact) mass is 543 g/mol. The number of nitrogens with two attached hydrogens (primary N) is 2. The predicted octanol–water partition coefficient (Wildman–Crippen LogP) is 4.60. The molecule has 2 aliphatic rings. The van der Waals surface area contributed by atoms with Gasteiger partial charge in [-0.1, -0.05) is 6.07 Å². The van der Waals surface area contributed by atoms with Gasteiger partial charge < -0.3 is 25.8 Å². The first-order valence-electron chi connectivity index (χ1n) is 13.3. The molecule has 4 rings (SSSR count). The van der Waals surface area contributed by atoms with Crippen LogP contribution in [0.4, 0.5) is 4.79 Å². The van der Waals surface area contributed by atoms with E-state index in [2.05, 4.69) is 16.0 Å². The van der Waals surface area contributed by atoms with Gasteiger partial charge in [-0.3, -0.25) is 15.0 Å². The maximum atomic E-state index is 12.3. The van der Waals surface area contributed by atoms with Crippen LogP contribution in [0.15, 0.2) is 54.1 Å². The normalized spacial score (nSPS) is 18.4. The van der Waals surface area contributed by atoms with Gasteiger partial charge in [0.25, 0.3) is 0 Å². The van der Waals surface area contributed by atoms with Crippen molar-refractivity contribution in [2.45, 2.75) is 65.2 Å². The summed E-state index contributed by atoms with van der Waals surface area (Å²) in [6.07, 6.45) is 7.21. The topological polar surface area (TPSA) is 153 Å². The van der Waals surface area contributed by atoms with E-state index in [1.54, 1.807) is 23.4 Å². The molecular formula is C30H37N7O3. The molecule has 0 aromatic carbocycles. The molecule has 10 heteroatoms. The van der Waals surface area contributed by atoms with Crippen molar-refractivity contribution in [3.63, 3.8) is 0 Å². The van der Waals surface area contributed by atoms with Crippen LogP contribution in [-0.2, 0) is 4.74 Å². The number of allylic oxidation sites excluding steroid dienone is 2. The quantitative estimate of drug-likeness (QED) is 0.379. The zero-order valence-electron chi connectivity index (χ0n) is 23.7. The molecule has 2 fully saturated rings. The number of hydrogen-bond donors (Lipinski definition) is 2. The van der Waals surface area contributed by atoms with Crippen molar-refractivity contribution in [3.8, 4) is 11.8 Å². The molecule has 3 heterocycles. The lowest BCUT2D eigenvalue weighted by Gasteiger charge is -2.57. The summed E-state index contributed by atoms with van der Waals surface area (Å²) in [7, 11) is 0. The Morgan fingerprint density at radius 3 is 2.55 bits per heavy atom. The van der Waals surface area contributed by atoms with Crippen LogP contribution in [0.1, 0.15) is 70.5 Å². The Labute approximate surface area is 235 Å². The van der Waals surface area contributed by atoms with Crippen molar-refractivity contribution in [1.29, 1.82) is 5.26 Å². The first-order valence-corrected chi connectivity index (χ1v) is 13.3. The lowest BCUT2D eigenvalue weighted by Crippen LogP contribution is -2.65. The van der Waals surface area contributed by atoms with Gasteiger partial charge in [0.05, 0.1) is 17.3 Å². The number of amides is 1. The Hall–Kier alpha value is -4.39. The average Bonchev–Trinajstić information content (AvgIpc) is 2.86. The van der Waals surface area contributed by atoms with Gasteiger partial charge in [-0.05, 0) is 65.7 Å². The molecule has 0 unspecified atom stereocenters. The molecule has 1 saturated heterocycles. The van der Waals surface area contributed by atoms with Crippen molar-refractivity contribution in [2.24, 2.45) is 21.9 Å². The van der Waals surface area contributed by atoms with E-state index in [9.17, 15) is 10.1 Å². The van der Waals surface area contributed by atoms with E-state index in [1.165, 1.54) is 12.4 Å². The highest BCUT2D eigenvalue weighted by Gasteiger charge is 2.54. The van der Waals surface area contributed by atoms with Crippen molar-refractivity contribution < 1.29 is 14.3 Å². The fourth-order valence-electron chi connectivity index (χ4n) is 5.20. The molecule has 1 aliphatic heterocycles. The van der Waals surface area contributed by atoms with Crippen LogP contribution in [-0.4, -0.2) is 51.4 Å². The minimum Gasteiger partial charge on any atom is -0.482 e. The molecule has 0 radical (unpaired) electrons. The second-order valence-corrected chi connectivity index (χ2v) is 11.5. The second-order valence-electron chi connectivity index (χ2n) is 11.5. The number of rotatable bonds is 7. The average molecular weight is 544 g/mol. The summed E-state index contributed by atoms with van der Waals surface area (Å²) in [5, 5.41) is 9.58. The van der Waals surface area contributed by atoms with Crippen LogP contribution in [0.25, 0.3) is 11.1 Å². The highest BCUT2D eigenvalue weighted by atomic mass is 16.6. The third-order valence-corrected chi connectivity index (χ3v) is 7.09. The van der Waals surface area contributed by atoms with E-state index in [0.717, 1.165) is 29.8 Å². The molecule has 210 valence electrons. The summed E-state index contributed by atoms with van der Waals surface area (Å²) in [5.74, 6) is 0.389. The minimum absolute atomic E-state index is 0.117. The zero-order chi connectivity index (χ0) is 29.1. The molecule has 0 bridgehead atoms. The highest BCUT2D eigenvalue weighted by Crippen LogP contribution is 2.50. The number of aliphatic imine (C=N–C) groups is 1. The van der Waals surface area contributed by atoms with Gasteiger partial charge in [-0.2, -0.15) is 5.26 Å². The largest absolute Gasteiger partial charge is 0.482 e. The summed E-state index contributed by atoms with van der Waals surface area (Å²) in [5.41, 5.74) is 14.8. The summed E-state index contributed by atoms with van der Waals surface area (Å²) >= 11 is 0. The molecule has 1 amide bonds. The van der Waals surface area contributed by atoms with E-state index in [0.29, 0.717) is 30.1 Å². The van der Waals surface area contributed by atoms with E-state index < -0.39 is 11.7 Å². The third-order valence-electron chi connectivity index (χ3n) is 7.09. The first kappa shape index (κ1) is 28.6. The van der Waals surface area contributed by atoms with Crippen molar-refractivity contribution >= 4 is 23.0 Å². The molecular weight excluding hydrogens is 506 g/mol. The number of hydrogen-bond acceptors (Lipinski definition) is 9. The second kappa shape index (κ2) is 11.4. The fourth-order valence-corrected chi connectivity index (χ4v) is 5.20. The maximum absolute atomic E-state index is 12.3. The minimum atomic E-state index is -0.500. The van der Waals surface area contributed by atoms with E-state index in [4.69, 9.17) is 25.9 Å². The van der Waals surface area contributed by atoms with Crippen molar-refractivity contribution in [2.75, 3.05) is 13.1 Å². The smallest absolute Gasteiger partial charge is 0.410 e. The first-order chi connectivity index (χ1) is 19.0. The van der Waals surface area contributed by atoms with Crippen molar-refractivity contribution in [3.05, 3.63) is 66.0 Å². The number of ether oxygens (including phenoxy) is 2.